The maximum atomic E-state index is 13.4. The van der Waals surface area contributed by atoms with E-state index in [1.54, 1.807) is 0 Å². The summed E-state index contributed by atoms with van der Waals surface area (Å²) < 4.78 is 0. The highest BCUT2D eigenvalue weighted by Crippen LogP contribution is 2.34. The fourth-order valence-corrected chi connectivity index (χ4v) is 4.46. The van der Waals surface area contributed by atoms with Gasteiger partial charge in [-0.25, -0.2) is 4.98 Å². The first-order chi connectivity index (χ1) is 13.0. The van der Waals surface area contributed by atoms with E-state index in [-0.39, 0.29) is 47.7 Å². The van der Waals surface area contributed by atoms with Gasteiger partial charge in [-0.1, -0.05) is 68.2 Å². The molecular weight excluding hydrogens is 364 g/mol. The van der Waals surface area contributed by atoms with Gasteiger partial charge in [0, 0.05) is 18.4 Å². The quantitative estimate of drug-likeness (QED) is 0.763. The highest BCUT2D eigenvalue weighted by molar-refractivity contribution is 5.96. The Balaban J connectivity index is 0.00000420. The van der Waals surface area contributed by atoms with Crippen LogP contribution in [-0.2, 0) is 4.79 Å². The minimum Gasteiger partial charge on any atom is -0.351 e. The van der Waals surface area contributed by atoms with Crippen LogP contribution in [0.2, 0.25) is 0 Å². The SMILES string of the molecule is C.CC(C)(C)C(NC(=O)[C@@H](NC(=O)c1cnccn1)C1CCCCC1)C(C)(C)C. The summed E-state index contributed by atoms with van der Waals surface area (Å²) in [7, 11) is 0. The number of aromatic nitrogens is 2. The number of carbonyl (C=O) groups excluding carboxylic acids is 2. The molecule has 0 unspecified atom stereocenters. The van der Waals surface area contributed by atoms with Crippen LogP contribution in [0.4, 0.5) is 0 Å². The van der Waals surface area contributed by atoms with Crippen LogP contribution in [0.15, 0.2) is 18.6 Å². The van der Waals surface area contributed by atoms with Crippen LogP contribution in [0.25, 0.3) is 0 Å². The van der Waals surface area contributed by atoms with E-state index < -0.39 is 6.04 Å². The molecule has 0 radical (unpaired) electrons. The Hall–Kier alpha value is -1.98. The Labute approximate surface area is 176 Å². The number of nitrogens with one attached hydrogen (secondary N) is 2. The second-order valence-corrected chi connectivity index (χ2v) is 10.1. The average Bonchev–Trinajstić information content (AvgIpc) is 2.63. The minimum absolute atomic E-state index is 0. The maximum Gasteiger partial charge on any atom is 0.272 e. The Kier molecular flexibility index (Phi) is 8.79. The van der Waals surface area contributed by atoms with E-state index >= 15 is 0 Å². The first-order valence-corrected chi connectivity index (χ1v) is 10.4. The number of hydrogen-bond acceptors (Lipinski definition) is 4. The second kappa shape index (κ2) is 10.2. The van der Waals surface area contributed by atoms with Crippen molar-refractivity contribution in [1.82, 2.24) is 20.6 Å². The van der Waals surface area contributed by atoms with Gasteiger partial charge in [-0.05, 0) is 29.6 Å². The molecule has 1 aliphatic rings. The number of rotatable bonds is 5. The van der Waals surface area contributed by atoms with E-state index in [9.17, 15) is 9.59 Å². The summed E-state index contributed by atoms with van der Waals surface area (Å²) in [5.41, 5.74) is 0.0409. The Bertz CT molecular complexity index is 642. The Morgan fingerprint density at radius 1 is 0.966 bits per heavy atom. The minimum atomic E-state index is -0.554. The van der Waals surface area contributed by atoms with Crippen molar-refractivity contribution in [2.75, 3.05) is 0 Å². The highest BCUT2D eigenvalue weighted by atomic mass is 16.2. The van der Waals surface area contributed by atoms with E-state index in [0.29, 0.717) is 0 Å². The molecule has 6 heteroatoms. The van der Waals surface area contributed by atoms with E-state index in [1.165, 1.54) is 25.0 Å². The lowest BCUT2D eigenvalue weighted by Gasteiger charge is -2.42. The van der Waals surface area contributed by atoms with Crippen molar-refractivity contribution in [3.8, 4) is 0 Å². The van der Waals surface area contributed by atoms with Crippen molar-refractivity contribution in [2.45, 2.75) is 93.2 Å². The fourth-order valence-electron chi connectivity index (χ4n) is 4.46. The molecule has 0 bridgehead atoms. The van der Waals surface area contributed by atoms with Gasteiger partial charge in [-0.3, -0.25) is 14.6 Å². The average molecular weight is 405 g/mol. The smallest absolute Gasteiger partial charge is 0.272 e. The molecule has 6 nitrogen and oxygen atoms in total. The summed E-state index contributed by atoms with van der Waals surface area (Å²) >= 11 is 0. The second-order valence-electron chi connectivity index (χ2n) is 10.1. The molecule has 164 valence electrons. The fraction of sp³-hybridized carbons (Fsp3) is 0.739. The first-order valence-electron chi connectivity index (χ1n) is 10.4. The maximum absolute atomic E-state index is 13.4. The van der Waals surface area contributed by atoms with E-state index in [0.717, 1.165) is 25.7 Å². The molecule has 1 aromatic heterocycles. The monoisotopic (exact) mass is 404 g/mol. The van der Waals surface area contributed by atoms with Crippen molar-refractivity contribution in [3.05, 3.63) is 24.3 Å². The van der Waals surface area contributed by atoms with Crippen LogP contribution in [0, 0.1) is 16.7 Å². The lowest BCUT2D eigenvalue weighted by atomic mass is 9.71. The molecule has 0 aliphatic heterocycles. The zero-order valence-corrected chi connectivity index (χ0v) is 18.2. The van der Waals surface area contributed by atoms with Gasteiger partial charge in [0.05, 0.1) is 6.20 Å². The third-order valence-corrected chi connectivity index (χ3v) is 5.50. The van der Waals surface area contributed by atoms with Crippen LogP contribution >= 0.6 is 0 Å². The molecule has 0 aromatic carbocycles. The molecule has 1 aliphatic carbocycles. The van der Waals surface area contributed by atoms with Gasteiger partial charge in [0.15, 0.2) is 0 Å². The van der Waals surface area contributed by atoms with Gasteiger partial charge < -0.3 is 10.6 Å². The van der Waals surface area contributed by atoms with E-state index in [1.807, 2.05) is 0 Å². The van der Waals surface area contributed by atoms with Crippen LogP contribution in [0.3, 0.4) is 0 Å². The van der Waals surface area contributed by atoms with Crippen LogP contribution in [0.1, 0.15) is 91.6 Å². The van der Waals surface area contributed by atoms with Gasteiger partial charge in [0.2, 0.25) is 5.91 Å². The molecule has 2 amide bonds. The van der Waals surface area contributed by atoms with Crippen molar-refractivity contribution >= 4 is 11.8 Å². The van der Waals surface area contributed by atoms with Gasteiger partial charge in [-0.2, -0.15) is 0 Å². The third kappa shape index (κ3) is 7.09. The molecule has 1 saturated carbocycles. The standard InChI is InChI=1S/C22H36N4O2.CH4/c1-21(2,3)20(22(4,5)6)26-19(28)17(15-10-8-7-9-11-15)25-18(27)16-14-23-12-13-24-16;/h12-15,17,20H,7-11H2,1-6H3,(H,25,27)(H,26,28);1H4/t17-;/m0./s1. The van der Waals surface area contributed by atoms with Gasteiger partial charge in [0.25, 0.3) is 5.91 Å². The zero-order chi connectivity index (χ0) is 20.9. The zero-order valence-electron chi connectivity index (χ0n) is 18.2. The summed E-state index contributed by atoms with van der Waals surface area (Å²) in [5, 5.41) is 6.22. The van der Waals surface area contributed by atoms with Crippen molar-refractivity contribution in [3.63, 3.8) is 0 Å². The van der Waals surface area contributed by atoms with Gasteiger partial charge in [-0.15, -0.1) is 0 Å². The molecule has 1 fully saturated rings. The molecule has 2 N–H and O–H groups in total. The topological polar surface area (TPSA) is 84.0 Å². The van der Waals surface area contributed by atoms with E-state index in [2.05, 4.69) is 62.1 Å². The first kappa shape index (κ1) is 25.1. The largest absolute Gasteiger partial charge is 0.351 e. The van der Waals surface area contributed by atoms with Gasteiger partial charge in [0.1, 0.15) is 11.7 Å². The normalized spacial score (nSPS) is 16.7. The molecule has 2 rings (SSSR count). The van der Waals surface area contributed by atoms with Gasteiger partial charge >= 0.3 is 0 Å². The van der Waals surface area contributed by atoms with Crippen LogP contribution in [0.5, 0.6) is 0 Å². The highest BCUT2D eigenvalue weighted by Gasteiger charge is 2.39. The molecular formula is C23H40N4O2. The Morgan fingerprint density at radius 2 is 1.55 bits per heavy atom. The Morgan fingerprint density at radius 3 is 2.03 bits per heavy atom. The molecule has 0 saturated heterocycles. The molecule has 1 atom stereocenters. The van der Waals surface area contributed by atoms with Crippen molar-refractivity contribution in [2.24, 2.45) is 16.7 Å². The molecule has 29 heavy (non-hydrogen) atoms. The van der Waals surface area contributed by atoms with Crippen molar-refractivity contribution < 1.29 is 9.59 Å². The predicted octanol–water partition coefficient (Wildman–Crippen LogP) is 4.37. The van der Waals surface area contributed by atoms with E-state index in [4.69, 9.17) is 0 Å². The summed E-state index contributed by atoms with van der Waals surface area (Å²) in [4.78, 5) is 34.1. The van der Waals surface area contributed by atoms with Crippen molar-refractivity contribution in [1.29, 1.82) is 0 Å². The lowest BCUT2D eigenvalue weighted by Crippen LogP contribution is -2.58. The molecule has 1 heterocycles. The summed E-state index contributed by atoms with van der Waals surface area (Å²) in [6, 6.07) is -0.575. The summed E-state index contributed by atoms with van der Waals surface area (Å²) in [6.07, 6.45) is 9.73. The summed E-state index contributed by atoms with van der Waals surface area (Å²) in [5.74, 6) is -0.296. The molecule has 1 aromatic rings. The number of amides is 2. The molecule has 0 spiro atoms. The predicted molar refractivity (Wildman–Crippen MR) is 117 cm³/mol. The summed E-state index contributed by atoms with van der Waals surface area (Å²) in [6.45, 7) is 12.8. The number of nitrogens with zero attached hydrogens (tertiary/aromatic N) is 2. The number of hydrogen-bond donors (Lipinski definition) is 2. The lowest BCUT2D eigenvalue weighted by molar-refractivity contribution is -0.127. The van der Waals surface area contributed by atoms with Crippen LogP contribution < -0.4 is 10.6 Å². The third-order valence-electron chi connectivity index (χ3n) is 5.50. The number of carbonyl (C=O) groups is 2. The van der Waals surface area contributed by atoms with Crippen LogP contribution in [-0.4, -0.2) is 33.9 Å².